The molecule has 3 aliphatic rings. The van der Waals surface area contributed by atoms with Crippen molar-refractivity contribution in [3.63, 3.8) is 0 Å². The molecule has 1 aromatic heterocycles. The Balaban J connectivity index is 1.64. The van der Waals surface area contributed by atoms with Crippen molar-refractivity contribution in [1.82, 2.24) is 9.58 Å². The highest BCUT2D eigenvalue weighted by molar-refractivity contribution is 5.96. The van der Waals surface area contributed by atoms with Gasteiger partial charge in [0, 0.05) is 18.8 Å². The Labute approximate surface area is 185 Å². The van der Waals surface area contributed by atoms with E-state index in [-0.39, 0.29) is 23.7 Å². The lowest BCUT2D eigenvalue weighted by Gasteiger charge is -2.37. The molecule has 1 aliphatic carbocycles. The molecule has 0 radical (unpaired) electrons. The number of benzene rings is 2. The van der Waals surface area contributed by atoms with Gasteiger partial charge in [-0.25, -0.2) is 0 Å². The van der Waals surface area contributed by atoms with Crippen molar-refractivity contribution in [1.29, 1.82) is 0 Å². The van der Waals surface area contributed by atoms with Crippen LogP contribution in [0.15, 0.2) is 65.6 Å². The van der Waals surface area contributed by atoms with Gasteiger partial charge in [0.2, 0.25) is 5.43 Å². The smallest absolute Gasteiger partial charge is 0.276 e. The average molecular weight is 425 g/mol. The SMILES string of the molecule is O=C1c2c(O)c(=O)ccn2N(C2c3ccccc3C=Cc3ccccc32)C[C@H]2CCCN12. The molecule has 0 saturated carbocycles. The maximum atomic E-state index is 13.4. The number of carbonyl (C=O) groups is 1. The van der Waals surface area contributed by atoms with Crippen LogP contribution in [0, 0.1) is 0 Å². The van der Waals surface area contributed by atoms with Gasteiger partial charge >= 0.3 is 0 Å². The molecule has 1 fully saturated rings. The third-order valence-electron chi connectivity index (χ3n) is 6.89. The molecule has 6 rings (SSSR count). The number of fused-ring (bicyclic) bond motifs is 4. The van der Waals surface area contributed by atoms with Gasteiger partial charge in [-0.3, -0.25) is 19.3 Å². The van der Waals surface area contributed by atoms with E-state index in [0.29, 0.717) is 13.1 Å². The molecule has 32 heavy (non-hydrogen) atoms. The quantitative estimate of drug-likeness (QED) is 0.649. The molecule has 0 spiro atoms. The molecule has 1 N–H and O–H groups in total. The van der Waals surface area contributed by atoms with E-state index in [1.165, 1.54) is 6.07 Å². The third-order valence-corrected chi connectivity index (χ3v) is 6.89. The standard InChI is InChI=1S/C26H23N3O3/c30-22-13-15-28-24(25(22)31)26(32)27-14-5-8-19(27)16-29(28)23-20-9-3-1-6-17(20)11-12-18-7-2-4-10-21(18)23/h1-4,6-7,9-13,15,19,23,31H,5,8,14,16H2/t19-/m1/s1. The van der Waals surface area contributed by atoms with E-state index in [1.54, 1.807) is 10.9 Å². The number of hydrogen-bond donors (Lipinski definition) is 1. The van der Waals surface area contributed by atoms with Crippen molar-refractivity contribution in [2.24, 2.45) is 0 Å². The number of carbonyl (C=O) groups excluding carboxylic acids is 1. The zero-order valence-electron chi connectivity index (χ0n) is 17.5. The molecule has 6 heteroatoms. The summed E-state index contributed by atoms with van der Waals surface area (Å²) in [6.07, 6.45) is 7.70. The molecule has 0 unspecified atom stereocenters. The lowest BCUT2D eigenvalue weighted by atomic mass is 9.93. The molecule has 2 aliphatic heterocycles. The highest BCUT2D eigenvalue weighted by atomic mass is 16.3. The van der Waals surface area contributed by atoms with Crippen molar-refractivity contribution >= 4 is 18.1 Å². The van der Waals surface area contributed by atoms with Gasteiger partial charge in [-0.1, -0.05) is 60.7 Å². The van der Waals surface area contributed by atoms with Crippen molar-refractivity contribution in [3.05, 3.63) is 99.0 Å². The molecular weight excluding hydrogens is 402 g/mol. The van der Waals surface area contributed by atoms with Gasteiger partial charge in [-0.2, -0.15) is 0 Å². The Hall–Kier alpha value is -3.80. The first-order valence-corrected chi connectivity index (χ1v) is 11.0. The zero-order valence-corrected chi connectivity index (χ0v) is 17.5. The van der Waals surface area contributed by atoms with Gasteiger partial charge in [0.05, 0.1) is 18.6 Å². The summed E-state index contributed by atoms with van der Waals surface area (Å²) in [5, 5.41) is 12.8. The largest absolute Gasteiger partial charge is 0.502 e. The van der Waals surface area contributed by atoms with Gasteiger partial charge in [0.1, 0.15) is 0 Å². The van der Waals surface area contributed by atoms with Crippen LogP contribution in [0.1, 0.15) is 51.6 Å². The summed E-state index contributed by atoms with van der Waals surface area (Å²) in [6, 6.07) is 17.7. The number of amides is 1. The van der Waals surface area contributed by atoms with E-state index in [9.17, 15) is 14.7 Å². The van der Waals surface area contributed by atoms with Crippen LogP contribution in [0.2, 0.25) is 0 Å². The van der Waals surface area contributed by atoms with Gasteiger partial charge < -0.3 is 10.0 Å². The second-order valence-electron chi connectivity index (χ2n) is 8.63. The highest BCUT2D eigenvalue weighted by Crippen LogP contribution is 2.39. The van der Waals surface area contributed by atoms with E-state index in [0.717, 1.165) is 35.1 Å². The topological polar surface area (TPSA) is 65.8 Å². The fraction of sp³-hybridized carbons (Fsp3) is 0.231. The summed E-state index contributed by atoms with van der Waals surface area (Å²) in [5.74, 6) is -0.762. The van der Waals surface area contributed by atoms with Crippen LogP contribution in [0.25, 0.3) is 12.2 Å². The van der Waals surface area contributed by atoms with Crippen LogP contribution < -0.4 is 10.4 Å². The molecule has 6 nitrogen and oxygen atoms in total. The zero-order chi connectivity index (χ0) is 21.8. The summed E-state index contributed by atoms with van der Waals surface area (Å²) in [7, 11) is 0. The molecule has 160 valence electrons. The first-order chi connectivity index (χ1) is 15.6. The second kappa shape index (κ2) is 7.12. The third kappa shape index (κ3) is 2.72. The highest BCUT2D eigenvalue weighted by Gasteiger charge is 2.41. The first-order valence-electron chi connectivity index (χ1n) is 11.0. The Morgan fingerprint density at radius 3 is 2.22 bits per heavy atom. The Kier molecular flexibility index (Phi) is 4.21. The fourth-order valence-corrected chi connectivity index (χ4v) is 5.38. The molecule has 3 heterocycles. The van der Waals surface area contributed by atoms with Crippen molar-refractivity contribution in [2.45, 2.75) is 24.9 Å². The summed E-state index contributed by atoms with van der Waals surface area (Å²) >= 11 is 0. The molecule has 0 bridgehead atoms. The maximum Gasteiger partial charge on any atom is 0.276 e. The minimum atomic E-state index is -0.537. The Morgan fingerprint density at radius 2 is 1.53 bits per heavy atom. The summed E-state index contributed by atoms with van der Waals surface area (Å²) < 4.78 is 1.71. The lowest BCUT2D eigenvalue weighted by molar-refractivity contribution is 0.0741. The van der Waals surface area contributed by atoms with E-state index in [4.69, 9.17) is 0 Å². The first kappa shape index (κ1) is 18.9. The fourth-order valence-electron chi connectivity index (χ4n) is 5.38. The van der Waals surface area contributed by atoms with Crippen LogP contribution >= 0.6 is 0 Å². The summed E-state index contributed by atoms with van der Waals surface area (Å²) in [4.78, 5) is 27.6. The molecule has 1 atom stereocenters. The minimum Gasteiger partial charge on any atom is -0.502 e. The predicted octanol–water partition coefficient (Wildman–Crippen LogP) is 3.38. The van der Waals surface area contributed by atoms with Crippen LogP contribution in [0.4, 0.5) is 0 Å². The van der Waals surface area contributed by atoms with Crippen LogP contribution in [-0.4, -0.2) is 39.7 Å². The van der Waals surface area contributed by atoms with Gasteiger partial charge in [0.25, 0.3) is 5.91 Å². The molecule has 2 aromatic carbocycles. The Morgan fingerprint density at radius 1 is 0.875 bits per heavy atom. The number of aromatic hydroxyl groups is 1. The minimum absolute atomic E-state index is 0.0208. The number of rotatable bonds is 1. The van der Waals surface area contributed by atoms with Crippen molar-refractivity contribution < 1.29 is 9.90 Å². The number of pyridine rings is 1. The van der Waals surface area contributed by atoms with Gasteiger partial charge in [-0.15, -0.1) is 0 Å². The number of nitrogens with zero attached hydrogens (tertiary/aromatic N) is 3. The molecular formula is C26H23N3O3. The Bertz CT molecular complexity index is 1280. The maximum absolute atomic E-state index is 13.4. The lowest BCUT2D eigenvalue weighted by Crippen LogP contribution is -2.45. The van der Waals surface area contributed by atoms with Crippen LogP contribution in [-0.2, 0) is 0 Å². The summed E-state index contributed by atoms with van der Waals surface area (Å²) in [5.41, 5.74) is 3.98. The van der Waals surface area contributed by atoms with Gasteiger partial charge in [-0.05, 0) is 35.1 Å². The van der Waals surface area contributed by atoms with E-state index < -0.39 is 11.2 Å². The van der Waals surface area contributed by atoms with E-state index in [2.05, 4.69) is 41.4 Å². The van der Waals surface area contributed by atoms with Crippen LogP contribution in [0.3, 0.4) is 0 Å². The number of aromatic nitrogens is 1. The van der Waals surface area contributed by atoms with Gasteiger partial charge in [0.15, 0.2) is 11.4 Å². The average Bonchev–Trinajstić information content (AvgIpc) is 3.16. The van der Waals surface area contributed by atoms with Crippen LogP contribution in [0.5, 0.6) is 5.75 Å². The predicted molar refractivity (Wildman–Crippen MR) is 123 cm³/mol. The van der Waals surface area contributed by atoms with E-state index in [1.807, 2.05) is 29.2 Å². The van der Waals surface area contributed by atoms with Crippen molar-refractivity contribution in [2.75, 3.05) is 18.1 Å². The molecule has 1 amide bonds. The normalized spacial score (nSPS) is 19.6. The van der Waals surface area contributed by atoms with Crippen molar-refractivity contribution in [3.8, 4) is 5.75 Å². The monoisotopic (exact) mass is 425 g/mol. The second-order valence-corrected chi connectivity index (χ2v) is 8.63. The summed E-state index contributed by atoms with van der Waals surface area (Å²) in [6.45, 7) is 1.24. The number of hydrogen-bond acceptors (Lipinski definition) is 4. The molecule has 3 aromatic rings. The van der Waals surface area contributed by atoms with E-state index >= 15 is 0 Å². The molecule has 1 saturated heterocycles.